The summed E-state index contributed by atoms with van der Waals surface area (Å²) < 4.78 is 26.0. The van der Waals surface area contributed by atoms with Crippen LogP contribution in [0.5, 0.6) is 0 Å². The quantitative estimate of drug-likeness (QED) is 0.740. The summed E-state index contributed by atoms with van der Waals surface area (Å²) in [6.45, 7) is 1.13. The van der Waals surface area contributed by atoms with Crippen LogP contribution < -0.4 is 4.72 Å². The molecule has 3 N–H and O–H groups in total. The second-order valence-electron chi connectivity index (χ2n) is 3.88. The van der Waals surface area contributed by atoms with Crippen LogP contribution in [0.25, 0.3) is 0 Å². The molecule has 0 radical (unpaired) electrons. The maximum absolute atomic E-state index is 12.1. The van der Waals surface area contributed by atoms with Crippen LogP contribution in [0.4, 0.5) is 0 Å². The van der Waals surface area contributed by atoms with Gasteiger partial charge in [0.1, 0.15) is 10.9 Å². The van der Waals surface area contributed by atoms with Gasteiger partial charge in [0, 0.05) is 5.02 Å². The third kappa shape index (κ3) is 3.97. The molecule has 1 aromatic carbocycles. The van der Waals surface area contributed by atoms with E-state index >= 15 is 0 Å². The van der Waals surface area contributed by atoms with Crippen LogP contribution in [0, 0.1) is 0 Å². The number of sulfonamides is 1. The van der Waals surface area contributed by atoms with E-state index in [1.54, 1.807) is 0 Å². The molecule has 1 aromatic rings. The highest BCUT2D eigenvalue weighted by atomic mass is 35.5. The van der Waals surface area contributed by atoms with Crippen molar-refractivity contribution in [2.45, 2.75) is 24.0 Å². The summed E-state index contributed by atoms with van der Waals surface area (Å²) in [5.41, 5.74) is 0. The number of halogens is 3. The van der Waals surface area contributed by atoms with Gasteiger partial charge >= 0.3 is 5.97 Å². The molecule has 112 valence electrons. The number of hydrogen-bond acceptors (Lipinski definition) is 4. The zero-order valence-electron chi connectivity index (χ0n) is 9.97. The third-order valence-corrected chi connectivity index (χ3v) is 4.84. The van der Waals surface area contributed by atoms with E-state index in [-0.39, 0.29) is 15.1 Å². The number of carbonyl (C=O) groups is 1. The van der Waals surface area contributed by atoms with Gasteiger partial charge in [-0.15, -0.1) is 0 Å². The van der Waals surface area contributed by atoms with E-state index in [1.165, 1.54) is 0 Å². The zero-order valence-corrected chi connectivity index (χ0v) is 13.1. The van der Waals surface area contributed by atoms with Gasteiger partial charge in [0.25, 0.3) is 0 Å². The first-order valence-electron chi connectivity index (χ1n) is 5.14. The number of aliphatic hydroxyl groups is 1. The van der Waals surface area contributed by atoms with Crippen LogP contribution in [0.15, 0.2) is 17.0 Å². The molecule has 2 atom stereocenters. The van der Waals surface area contributed by atoms with Gasteiger partial charge < -0.3 is 10.2 Å². The van der Waals surface area contributed by atoms with Gasteiger partial charge in [-0.25, -0.2) is 8.42 Å². The smallest absolute Gasteiger partial charge is 0.324 e. The van der Waals surface area contributed by atoms with Gasteiger partial charge in [0.2, 0.25) is 10.0 Å². The van der Waals surface area contributed by atoms with Crippen molar-refractivity contribution >= 4 is 50.8 Å². The first-order chi connectivity index (χ1) is 9.06. The molecule has 0 saturated heterocycles. The molecule has 0 aromatic heterocycles. The summed E-state index contributed by atoms with van der Waals surface area (Å²) in [6, 6.07) is 0.575. The van der Waals surface area contributed by atoms with Crippen LogP contribution in [0.1, 0.15) is 6.92 Å². The van der Waals surface area contributed by atoms with E-state index in [0.29, 0.717) is 0 Å². The van der Waals surface area contributed by atoms with E-state index in [9.17, 15) is 18.3 Å². The number of aliphatic carboxylic acids is 1. The first kappa shape index (κ1) is 17.5. The third-order valence-electron chi connectivity index (χ3n) is 2.26. The average Bonchev–Trinajstić information content (AvgIpc) is 2.23. The molecular weight excluding hydrogens is 353 g/mol. The van der Waals surface area contributed by atoms with Gasteiger partial charge in [-0.2, -0.15) is 4.72 Å². The Morgan fingerprint density at radius 1 is 1.25 bits per heavy atom. The molecule has 1 rings (SSSR count). The lowest BCUT2D eigenvalue weighted by molar-refractivity contribution is -0.141. The zero-order chi connectivity index (χ0) is 15.7. The SMILES string of the molecule is CC(O)C(NS(=O)(=O)c1c(Cl)cc(Cl)cc1Cl)C(=O)O. The van der Waals surface area contributed by atoms with Crippen molar-refractivity contribution in [1.82, 2.24) is 4.72 Å². The minimum atomic E-state index is -4.34. The van der Waals surface area contributed by atoms with E-state index in [0.717, 1.165) is 19.1 Å². The molecule has 6 nitrogen and oxygen atoms in total. The maximum Gasteiger partial charge on any atom is 0.324 e. The largest absolute Gasteiger partial charge is 0.480 e. The lowest BCUT2D eigenvalue weighted by Crippen LogP contribution is -2.47. The number of nitrogens with one attached hydrogen (secondary N) is 1. The summed E-state index contributed by atoms with van der Waals surface area (Å²) in [5.74, 6) is -1.54. The molecular formula is C10H10Cl3NO5S. The highest BCUT2D eigenvalue weighted by Crippen LogP contribution is 2.32. The Hall–Kier alpha value is -0.570. The van der Waals surface area contributed by atoms with Crippen LogP contribution in [0.2, 0.25) is 15.1 Å². The number of carboxylic acid groups (broad SMARTS) is 1. The molecule has 0 spiro atoms. The van der Waals surface area contributed by atoms with Gasteiger partial charge in [-0.1, -0.05) is 34.8 Å². The lowest BCUT2D eigenvalue weighted by Gasteiger charge is -2.18. The van der Waals surface area contributed by atoms with Crippen molar-refractivity contribution in [2.75, 3.05) is 0 Å². The second-order valence-corrected chi connectivity index (χ2v) is 6.78. The summed E-state index contributed by atoms with van der Waals surface area (Å²) >= 11 is 17.2. The fourth-order valence-corrected chi connectivity index (χ4v) is 4.17. The minimum Gasteiger partial charge on any atom is -0.480 e. The Labute approximate surface area is 130 Å². The highest BCUT2D eigenvalue weighted by Gasteiger charge is 2.31. The number of carboxylic acids is 1. The Morgan fingerprint density at radius 3 is 2.05 bits per heavy atom. The fourth-order valence-electron chi connectivity index (χ4n) is 1.37. The fraction of sp³-hybridized carbons (Fsp3) is 0.300. The van der Waals surface area contributed by atoms with Crippen molar-refractivity contribution in [2.24, 2.45) is 0 Å². The summed E-state index contributed by atoms with van der Waals surface area (Å²) in [5, 5.41) is 17.8. The van der Waals surface area contributed by atoms with Crippen molar-refractivity contribution in [3.05, 3.63) is 27.2 Å². The van der Waals surface area contributed by atoms with Gasteiger partial charge in [-0.05, 0) is 19.1 Å². The Kier molecular flexibility index (Phi) is 5.65. The van der Waals surface area contributed by atoms with Crippen molar-refractivity contribution in [3.8, 4) is 0 Å². The molecule has 2 unspecified atom stereocenters. The Bertz CT molecular complexity index is 609. The normalized spacial score (nSPS) is 14.8. The van der Waals surface area contributed by atoms with E-state index in [1.807, 2.05) is 4.72 Å². The molecule has 20 heavy (non-hydrogen) atoms. The highest BCUT2D eigenvalue weighted by molar-refractivity contribution is 7.89. The minimum absolute atomic E-state index is 0.129. The van der Waals surface area contributed by atoms with Crippen LogP contribution in [-0.4, -0.2) is 36.7 Å². The molecule has 10 heteroatoms. The topological polar surface area (TPSA) is 104 Å². The van der Waals surface area contributed by atoms with Gasteiger partial charge in [0.15, 0.2) is 0 Å². The Balaban J connectivity index is 3.28. The van der Waals surface area contributed by atoms with Crippen molar-refractivity contribution in [3.63, 3.8) is 0 Å². The molecule has 0 heterocycles. The lowest BCUT2D eigenvalue weighted by atomic mass is 10.2. The van der Waals surface area contributed by atoms with Crippen molar-refractivity contribution in [1.29, 1.82) is 0 Å². The summed E-state index contributed by atoms with van der Waals surface area (Å²) in [4.78, 5) is 10.4. The molecule has 0 fully saturated rings. The van der Waals surface area contributed by atoms with Crippen molar-refractivity contribution < 1.29 is 23.4 Å². The van der Waals surface area contributed by atoms with E-state index < -0.39 is 33.0 Å². The predicted molar refractivity (Wildman–Crippen MR) is 74.9 cm³/mol. The maximum atomic E-state index is 12.1. The number of hydrogen-bond donors (Lipinski definition) is 3. The molecule has 0 aliphatic rings. The molecule has 0 bridgehead atoms. The monoisotopic (exact) mass is 361 g/mol. The summed E-state index contributed by atoms with van der Waals surface area (Å²) in [6.07, 6.45) is -1.45. The van der Waals surface area contributed by atoms with Gasteiger partial charge in [0.05, 0.1) is 16.1 Å². The Morgan fingerprint density at radius 2 is 1.70 bits per heavy atom. The number of benzene rings is 1. The first-order valence-corrected chi connectivity index (χ1v) is 7.75. The van der Waals surface area contributed by atoms with Crippen LogP contribution in [-0.2, 0) is 14.8 Å². The second kappa shape index (κ2) is 6.46. The van der Waals surface area contributed by atoms with E-state index in [2.05, 4.69) is 0 Å². The van der Waals surface area contributed by atoms with Crippen LogP contribution >= 0.6 is 34.8 Å². The summed E-state index contributed by atoms with van der Waals surface area (Å²) in [7, 11) is -4.34. The number of aliphatic hydroxyl groups excluding tert-OH is 1. The molecule has 0 aliphatic heterocycles. The average molecular weight is 363 g/mol. The van der Waals surface area contributed by atoms with Gasteiger partial charge in [-0.3, -0.25) is 4.79 Å². The van der Waals surface area contributed by atoms with Crippen LogP contribution in [0.3, 0.4) is 0 Å². The molecule has 0 amide bonds. The molecule has 0 aliphatic carbocycles. The van der Waals surface area contributed by atoms with E-state index in [4.69, 9.17) is 39.9 Å². The molecule has 0 saturated carbocycles. The number of rotatable bonds is 5. The standard InChI is InChI=1S/C10H10Cl3NO5S/c1-4(15)8(10(16)17)14-20(18,19)9-6(12)2-5(11)3-7(9)13/h2-4,8,14-15H,1H3,(H,16,17). The predicted octanol–water partition coefficient (Wildman–Crippen LogP) is 1.76.